The van der Waals surface area contributed by atoms with Crippen molar-refractivity contribution in [1.82, 2.24) is 14.8 Å². The minimum atomic E-state index is 0. The highest BCUT2D eigenvalue weighted by Crippen LogP contribution is 2.20. The molecule has 2 saturated heterocycles. The number of halogens is 1. The van der Waals surface area contributed by atoms with Crippen LogP contribution in [-0.4, -0.2) is 72.6 Å². The van der Waals surface area contributed by atoms with Gasteiger partial charge in [0.2, 0.25) is 0 Å². The Hall–Kier alpha value is -0.610. The SMILES string of the molecule is CC(C)C(CN=C(N)N1CCN(c2nccs2)CC1)N1CCCCCC1.I. The molecule has 6 nitrogen and oxygen atoms in total. The molecule has 2 aliphatic rings. The molecule has 3 heterocycles. The van der Waals surface area contributed by atoms with Gasteiger partial charge in [-0.25, -0.2) is 4.98 Å². The molecule has 0 aliphatic carbocycles. The third-order valence-electron chi connectivity index (χ3n) is 5.61. The molecule has 2 fully saturated rings. The number of guanidine groups is 1. The molecule has 0 aromatic carbocycles. The van der Waals surface area contributed by atoms with Crippen molar-refractivity contribution in [1.29, 1.82) is 0 Å². The van der Waals surface area contributed by atoms with Crippen molar-refractivity contribution < 1.29 is 0 Å². The van der Waals surface area contributed by atoms with Crippen molar-refractivity contribution in [2.75, 3.05) is 50.7 Å². The minimum Gasteiger partial charge on any atom is -0.370 e. The summed E-state index contributed by atoms with van der Waals surface area (Å²) in [4.78, 5) is 16.4. The first-order valence-electron chi connectivity index (χ1n) is 10.1. The van der Waals surface area contributed by atoms with E-state index in [0.717, 1.165) is 37.9 Å². The number of likely N-dealkylation sites (tertiary alicyclic amines) is 1. The maximum absolute atomic E-state index is 6.35. The van der Waals surface area contributed by atoms with E-state index in [-0.39, 0.29) is 24.0 Å². The number of nitrogens with two attached hydrogens (primary N) is 1. The molecular formula is C19H35IN6S. The maximum Gasteiger partial charge on any atom is 0.191 e. The fourth-order valence-corrected chi connectivity index (χ4v) is 4.66. The van der Waals surface area contributed by atoms with Crippen LogP contribution >= 0.6 is 35.3 Å². The van der Waals surface area contributed by atoms with Crippen molar-refractivity contribution >= 4 is 46.4 Å². The summed E-state index contributed by atoms with van der Waals surface area (Å²) in [6, 6.07) is 0.503. The van der Waals surface area contributed by atoms with Gasteiger partial charge in [0.1, 0.15) is 0 Å². The Morgan fingerprint density at radius 1 is 1.11 bits per heavy atom. The first-order valence-corrected chi connectivity index (χ1v) is 11.0. The zero-order valence-corrected chi connectivity index (χ0v) is 19.9. The average molecular weight is 507 g/mol. The number of rotatable bonds is 5. The Labute approximate surface area is 185 Å². The summed E-state index contributed by atoms with van der Waals surface area (Å²) in [5.74, 6) is 1.32. The monoisotopic (exact) mass is 506 g/mol. The van der Waals surface area contributed by atoms with E-state index >= 15 is 0 Å². The summed E-state index contributed by atoms with van der Waals surface area (Å²) in [7, 11) is 0. The number of anilines is 1. The fourth-order valence-electron chi connectivity index (χ4n) is 3.96. The molecule has 0 amide bonds. The molecule has 1 unspecified atom stereocenters. The normalized spacial score (nSPS) is 21.1. The largest absolute Gasteiger partial charge is 0.370 e. The van der Waals surface area contributed by atoms with Gasteiger partial charge in [-0.05, 0) is 31.8 Å². The van der Waals surface area contributed by atoms with Crippen molar-refractivity contribution in [3.63, 3.8) is 0 Å². The molecule has 8 heteroatoms. The Bertz CT molecular complexity index is 549. The molecule has 27 heavy (non-hydrogen) atoms. The number of thiazole rings is 1. The lowest BCUT2D eigenvalue weighted by molar-refractivity contribution is 0.165. The third-order valence-corrected chi connectivity index (χ3v) is 6.45. The van der Waals surface area contributed by atoms with Crippen molar-refractivity contribution in [3.05, 3.63) is 11.6 Å². The van der Waals surface area contributed by atoms with E-state index in [1.807, 2.05) is 11.6 Å². The molecule has 2 N–H and O–H groups in total. The minimum absolute atomic E-state index is 0. The predicted octanol–water partition coefficient (Wildman–Crippen LogP) is 3.10. The molecular weight excluding hydrogens is 471 g/mol. The van der Waals surface area contributed by atoms with Gasteiger partial charge < -0.3 is 15.5 Å². The summed E-state index contributed by atoms with van der Waals surface area (Å²) in [6.07, 6.45) is 7.26. The van der Waals surface area contributed by atoms with Gasteiger partial charge in [-0.1, -0.05) is 26.7 Å². The van der Waals surface area contributed by atoms with Crippen LogP contribution in [0.3, 0.4) is 0 Å². The van der Waals surface area contributed by atoms with E-state index in [2.05, 4.69) is 33.5 Å². The van der Waals surface area contributed by atoms with Gasteiger partial charge >= 0.3 is 0 Å². The second-order valence-electron chi connectivity index (χ2n) is 7.75. The highest BCUT2D eigenvalue weighted by molar-refractivity contribution is 14.0. The van der Waals surface area contributed by atoms with E-state index in [1.165, 1.54) is 38.8 Å². The third kappa shape index (κ3) is 6.45. The first kappa shape index (κ1) is 22.7. The predicted molar refractivity (Wildman–Crippen MR) is 126 cm³/mol. The standard InChI is InChI=1S/C19H34N6S.HI/c1-16(2)17(23-8-5-3-4-6-9-23)15-22-18(20)24-10-12-25(13-11-24)19-21-7-14-26-19;/h7,14,16-17H,3-6,8-13,15H2,1-2H3,(H2,20,22);1H. The van der Waals surface area contributed by atoms with E-state index in [9.17, 15) is 0 Å². The first-order chi connectivity index (χ1) is 12.6. The van der Waals surface area contributed by atoms with Crippen LogP contribution in [0.25, 0.3) is 0 Å². The molecule has 3 rings (SSSR count). The van der Waals surface area contributed by atoms with Crippen LogP contribution in [0.4, 0.5) is 5.13 Å². The molecule has 1 atom stereocenters. The maximum atomic E-state index is 6.35. The number of piperazine rings is 1. The molecule has 1 aromatic heterocycles. The lowest BCUT2D eigenvalue weighted by atomic mass is 10.0. The number of nitrogens with zero attached hydrogens (tertiary/aromatic N) is 5. The van der Waals surface area contributed by atoms with Gasteiger partial charge in [-0.2, -0.15) is 0 Å². The molecule has 0 bridgehead atoms. The van der Waals surface area contributed by atoms with Gasteiger partial charge in [-0.15, -0.1) is 35.3 Å². The highest BCUT2D eigenvalue weighted by atomic mass is 127. The Balaban J connectivity index is 0.00000261. The lowest BCUT2D eigenvalue weighted by Gasteiger charge is -2.36. The van der Waals surface area contributed by atoms with Crippen LogP contribution in [0, 0.1) is 5.92 Å². The second kappa shape index (κ2) is 11.4. The molecule has 0 radical (unpaired) electrons. The summed E-state index contributed by atoms with van der Waals surface area (Å²) in [5.41, 5.74) is 6.35. The highest BCUT2D eigenvalue weighted by Gasteiger charge is 2.24. The van der Waals surface area contributed by atoms with Gasteiger partial charge in [0.15, 0.2) is 11.1 Å². The van der Waals surface area contributed by atoms with Gasteiger partial charge in [0.25, 0.3) is 0 Å². The summed E-state index contributed by atoms with van der Waals surface area (Å²) < 4.78 is 0. The van der Waals surface area contributed by atoms with Gasteiger partial charge in [0.05, 0.1) is 6.54 Å². The molecule has 0 saturated carbocycles. The van der Waals surface area contributed by atoms with E-state index in [0.29, 0.717) is 17.9 Å². The Kier molecular flexibility index (Phi) is 9.58. The van der Waals surface area contributed by atoms with Crippen molar-refractivity contribution in [2.45, 2.75) is 45.6 Å². The number of aliphatic imine (C=N–C) groups is 1. The number of hydrogen-bond donors (Lipinski definition) is 1. The van der Waals surface area contributed by atoms with E-state index < -0.39 is 0 Å². The smallest absolute Gasteiger partial charge is 0.191 e. The number of hydrogen-bond acceptors (Lipinski definition) is 5. The quantitative estimate of drug-likeness (QED) is 0.378. The van der Waals surface area contributed by atoms with Gasteiger partial charge in [-0.3, -0.25) is 9.89 Å². The zero-order valence-electron chi connectivity index (χ0n) is 16.7. The van der Waals surface area contributed by atoms with Crippen molar-refractivity contribution in [3.8, 4) is 0 Å². The second-order valence-corrected chi connectivity index (χ2v) is 8.62. The van der Waals surface area contributed by atoms with Crippen LogP contribution in [-0.2, 0) is 0 Å². The van der Waals surface area contributed by atoms with Gasteiger partial charge in [0, 0.05) is 43.8 Å². The van der Waals surface area contributed by atoms with Crippen LogP contribution < -0.4 is 10.6 Å². The molecule has 0 spiro atoms. The van der Waals surface area contributed by atoms with E-state index in [1.54, 1.807) is 11.3 Å². The fraction of sp³-hybridized carbons (Fsp3) is 0.789. The summed E-state index contributed by atoms with van der Waals surface area (Å²) in [6.45, 7) is 11.6. The van der Waals surface area contributed by atoms with Crippen LogP contribution in [0.5, 0.6) is 0 Å². The van der Waals surface area contributed by atoms with Crippen LogP contribution in [0.15, 0.2) is 16.6 Å². The molecule has 1 aromatic rings. The van der Waals surface area contributed by atoms with Crippen molar-refractivity contribution in [2.24, 2.45) is 16.6 Å². The zero-order chi connectivity index (χ0) is 18.4. The lowest BCUT2D eigenvalue weighted by Crippen LogP contribution is -2.51. The van der Waals surface area contributed by atoms with E-state index in [4.69, 9.17) is 10.7 Å². The summed E-state index contributed by atoms with van der Waals surface area (Å²) in [5, 5.41) is 3.15. The number of aromatic nitrogens is 1. The topological polar surface area (TPSA) is 61.0 Å². The summed E-state index contributed by atoms with van der Waals surface area (Å²) >= 11 is 1.70. The molecule has 154 valence electrons. The Morgan fingerprint density at radius 3 is 2.33 bits per heavy atom. The van der Waals surface area contributed by atoms with Crippen LogP contribution in [0.1, 0.15) is 39.5 Å². The molecule has 2 aliphatic heterocycles. The average Bonchev–Trinajstić information content (AvgIpc) is 3.06. The van der Waals surface area contributed by atoms with Crippen LogP contribution in [0.2, 0.25) is 0 Å². The Morgan fingerprint density at radius 2 is 1.78 bits per heavy atom.